The molecular weight excluding hydrogens is 648 g/mol. The summed E-state index contributed by atoms with van der Waals surface area (Å²) in [6.45, 7) is 6.16. The van der Waals surface area contributed by atoms with Crippen molar-refractivity contribution < 1.29 is 28.7 Å². The molecule has 51 heavy (non-hydrogen) atoms. The molecule has 2 fully saturated rings. The van der Waals surface area contributed by atoms with Gasteiger partial charge in [-0.15, -0.1) is 0 Å². The number of hydrogen-bond donors (Lipinski definition) is 3. The fraction of sp³-hybridized carbons (Fsp3) is 0.359. The lowest BCUT2D eigenvalue weighted by Gasteiger charge is -2.30. The topological polar surface area (TPSA) is 149 Å². The first-order valence-electron chi connectivity index (χ1n) is 17.3. The number of nitrogens with one attached hydrogen (secondary N) is 3. The highest BCUT2D eigenvalue weighted by atomic mass is 16.5. The van der Waals surface area contributed by atoms with E-state index in [0.29, 0.717) is 59.6 Å². The first kappa shape index (κ1) is 33.8. The van der Waals surface area contributed by atoms with Crippen molar-refractivity contribution in [1.82, 2.24) is 19.8 Å². The normalized spacial score (nSPS) is 20.1. The van der Waals surface area contributed by atoms with Gasteiger partial charge < -0.3 is 34.6 Å². The zero-order chi connectivity index (χ0) is 35.9. The van der Waals surface area contributed by atoms with Gasteiger partial charge in [0.1, 0.15) is 0 Å². The average molecular weight is 691 g/mol. The number of fused-ring (bicyclic) bond motifs is 6. The van der Waals surface area contributed by atoms with Crippen LogP contribution >= 0.6 is 0 Å². The van der Waals surface area contributed by atoms with E-state index in [1.807, 2.05) is 36.4 Å². The summed E-state index contributed by atoms with van der Waals surface area (Å²) in [7, 11) is 3.60. The van der Waals surface area contributed by atoms with E-state index in [2.05, 4.69) is 39.1 Å². The highest BCUT2D eigenvalue weighted by Crippen LogP contribution is 2.42. The molecule has 1 aliphatic carbocycles. The molecule has 12 heteroatoms. The van der Waals surface area contributed by atoms with E-state index in [1.54, 1.807) is 30.3 Å². The van der Waals surface area contributed by atoms with Crippen molar-refractivity contribution in [2.75, 3.05) is 39.2 Å². The number of carbonyl (C=O) groups excluding carboxylic acids is 4. The Bertz CT molecular complexity index is 2110. The predicted molar refractivity (Wildman–Crippen MR) is 195 cm³/mol. The third-order valence-electron chi connectivity index (χ3n) is 10.3. The number of nitrogens with zero attached hydrogens (tertiary/aromatic N) is 3. The molecule has 0 spiro atoms. The number of hydrogen-bond acceptors (Lipinski definition) is 8. The molecule has 2 atom stereocenters. The van der Waals surface area contributed by atoms with Crippen LogP contribution in [-0.2, 0) is 4.79 Å². The van der Waals surface area contributed by atoms with Gasteiger partial charge in [0.25, 0.3) is 5.91 Å². The number of ketones is 1. The van der Waals surface area contributed by atoms with Gasteiger partial charge in [0.15, 0.2) is 17.8 Å². The number of aldehydes is 1. The summed E-state index contributed by atoms with van der Waals surface area (Å²) in [5.74, 6) is 1.31. The molecule has 0 radical (unpaired) electrons. The smallest absolute Gasteiger partial charge is 0.256 e. The average Bonchev–Trinajstić information content (AvgIpc) is 3.90. The molecular formula is C39H42N6O6. The zero-order valence-electron chi connectivity index (χ0n) is 29.3. The van der Waals surface area contributed by atoms with Gasteiger partial charge in [-0.25, -0.2) is 0 Å². The molecule has 3 N–H and O–H groups in total. The molecule has 5 heterocycles. The van der Waals surface area contributed by atoms with Crippen LogP contribution in [0.5, 0.6) is 11.5 Å². The second kappa shape index (κ2) is 13.6. The SMILES string of the molecule is COc1cc2c(cc1OCCCC(=O)Nc1ccc3[nH]c(C=O)cc3c1)N=C[C@]1(C)CCCN1C2=O.Cc1c[nH]c2c1C1CCN(C)C1=CC2=O. The van der Waals surface area contributed by atoms with Gasteiger partial charge in [-0.3, -0.25) is 24.2 Å². The standard InChI is InChI=1S/C27H28N4O5.C12H14N2O/c1-27-8-4-9-31(27)26(34)20-13-23(35-2)24(14-22(20)28-16-27)36-10-3-5-25(33)30-18-6-7-21-17(11-18)12-19(15-32)29-21;1-7-6-13-12-10(15)5-9-8(11(7)12)3-4-14(9)2/h6-7,11-16,29H,3-5,8-10H2,1-2H3,(H,30,33);5-6,8,13H,3-4H2,1-2H3/t27-;/m0./s1. The number of H-pyrrole nitrogens is 2. The fourth-order valence-electron chi connectivity index (χ4n) is 7.60. The summed E-state index contributed by atoms with van der Waals surface area (Å²) in [5, 5.41) is 3.73. The Balaban J connectivity index is 0.000000224. The van der Waals surface area contributed by atoms with Crippen molar-refractivity contribution in [3.63, 3.8) is 0 Å². The minimum Gasteiger partial charge on any atom is -0.493 e. The minimum atomic E-state index is -0.375. The monoisotopic (exact) mass is 690 g/mol. The second-order valence-corrected chi connectivity index (χ2v) is 13.8. The Kier molecular flexibility index (Phi) is 9.01. The minimum absolute atomic E-state index is 0.0516. The number of likely N-dealkylation sites (tertiary alicyclic amines) is 1. The van der Waals surface area contributed by atoms with Crippen molar-refractivity contribution in [2.45, 2.75) is 57.4 Å². The highest BCUT2D eigenvalue weighted by molar-refractivity contribution is 6.07. The number of methoxy groups -OCH3 is 1. The molecule has 0 bridgehead atoms. The number of allylic oxidation sites excluding steroid dienone is 2. The van der Waals surface area contributed by atoms with Crippen LogP contribution in [0.3, 0.4) is 0 Å². The lowest BCUT2D eigenvalue weighted by molar-refractivity contribution is -0.116. The van der Waals surface area contributed by atoms with Crippen molar-refractivity contribution in [2.24, 2.45) is 4.99 Å². The number of aromatic nitrogens is 2. The van der Waals surface area contributed by atoms with Crippen LogP contribution in [0.15, 0.2) is 59.4 Å². The van der Waals surface area contributed by atoms with E-state index >= 15 is 0 Å². The number of aryl methyl sites for hydroxylation is 1. The third kappa shape index (κ3) is 6.42. The first-order valence-corrected chi connectivity index (χ1v) is 17.3. The summed E-state index contributed by atoms with van der Waals surface area (Å²) in [4.78, 5) is 63.1. The molecule has 1 unspecified atom stereocenters. The van der Waals surface area contributed by atoms with E-state index in [1.165, 1.54) is 23.9 Å². The number of amides is 2. The fourth-order valence-corrected chi connectivity index (χ4v) is 7.60. The third-order valence-corrected chi connectivity index (χ3v) is 10.3. The number of anilines is 1. The van der Waals surface area contributed by atoms with E-state index in [4.69, 9.17) is 9.47 Å². The molecule has 2 aromatic carbocycles. The van der Waals surface area contributed by atoms with Gasteiger partial charge in [0.05, 0.1) is 41.9 Å². The molecule has 4 aromatic rings. The Morgan fingerprint density at radius 1 is 1.16 bits per heavy atom. The molecule has 264 valence electrons. The van der Waals surface area contributed by atoms with Crippen molar-refractivity contribution >= 4 is 52.4 Å². The zero-order valence-corrected chi connectivity index (χ0v) is 29.3. The van der Waals surface area contributed by atoms with Gasteiger partial charge in [0.2, 0.25) is 11.7 Å². The lowest BCUT2D eigenvalue weighted by atomic mass is 9.87. The van der Waals surface area contributed by atoms with Crippen LogP contribution in [0.2, 0.25) is 0 Å². The molecule has 8 rings (SSSR count). The summed E-state index contributed by atoms with van der Waals surface area (Å²) >= 11 is 0. The van der Waals surface area contributed by atoms with Gasteiger partial charge in [-0.05, 0) is 81.0 Å². The molecule has 2 aromatic heterocycles. The molecule has 3 aliphatic heterocycles. The highest BCUT2D eigenvalue weighted by Gasteiger charge is 2.41. The summed E-state index contributed by atoms with van der Waals surface area (Å²) in [6, 6.07) is 10.6. The van der Waals surface area contributed by atoms with E-state index < -0.39 is 0 Å². The van der Waals surface area contributed by atoms with Gasteiger partial charge >= 0.3 is 0 Å². The molecule has 12 nitrogen and oxygen atoms in total. The quantitative estimate of drug-likeness (QED) is 0.145. The van der Waals surface area contributed by atoms with Crippen molar-refractivity contribution in [3.05, 3.63) is 82.4 Å². The van der Waals surface area contributed by atoms with Crippen molar-refractivity contribution in [3.8, 4) is 11.5 Å². The molecule has 4 aliphatic rings. The second-order valence-electron chi connectivity index (χ2n) is 13.8. The first-order chi connectivity index (χ1) is 24.6. The van der Waals surface area contributed by atoms with E-state index in [0.717, 1.165) is 48.7 Å². The number of ether oxygens (including phenoxy) is 2. The predicted octanol–water partition coefficient (Wildman–Crippen LogP) is 6.32. The Morgan fingerprint density at radius 2 is 2.00 bits per heavy atom. The largest absolute Gasteiger partial charge is 0.493 e. The Hall–Kier alpha value is -5.65. The Morgan fingerprint density at radius 3 is 2.80 bits per heavy atom. The maximum Gasteiger partial charge on any atom is 0.256 e. The number of aromatic amines is 2. The van der Waals surface area contributed by atoms with Crippen molar-refractivity contribution in [1.29, 1.82) is 0 Å². The van der Waals surface area contributed by atoms with Gasteiger partial charge in [-0.2, -0.15) is 0 Å². The maximum atomic E-state index is 13.2. The Labute approximate surface area is 295 Å². The van der Waals surface area contributed by atoms with Crippen LogP contribution < -0.4 is 14.8 Å². The lowest BCUT2D eigenvalue weighted by Crippen LogP contribution is -2.45. The maximum absolute atomic E-state index is 13.2. The van der Waals surface area contributed by atoms with Crippen LogP contribution in [0.25, 0.3) is 10.9 Å². The number of aliphatic imine (C=N–C) groups is 1. The van der Waals surface area contributed by atoms with Gasteiger partial charge in [0, 0.05) is 79.3 Å². The summed E-state index contributed by atoms with van der Waals surface area (Å²) in [6.07, 6.45) is 10.1. The molecule has 2 amide bonds. The van der Waals surface area contributed by atoms with Crippen LogP contribution in [0.4, 0.5) is 11.4 Å². The molecule has 2 saturated heterocycles. The molecule has 0 saturated carbocycles. The summed E-state index contributed by atoms with van der Waals surface area (Å²) < 4.78 is 11.4. The number of carbonyl (C=O) groups is 4. The van der Waals surface area contributed by atoms with E-state index in [9.17, 15) is 19.2 Å². The van der Waals surface area contributed by atoms with Crippen LogP contribution in [0, 0.1) is 6.92 Å². The number of rotatable bonds is 8. The van der Waals surface area contributed by atoms with Crippen LogP contribution in [0.1, 0.15) is 87.4 Å². The number of benzene rings is 2. The van der Waals surface area contributed by atoms with Gasteiger partial charge in [-0.1, -0.05) is 0 Å². The number of likely N-dealkylation sites (N-methyl/N-ethyl adjacent to an activating group) is 1. The van der Waals surface area contributed by atoms with Crippen LogP contribution in [-0.4, -0.2) is 89.3 Å². The summed E-state index contributed by atoms with van der Waals surface area (Å²) in [5.41, 5.74) is 7.09. The van der Waals surface area contributed by atoms with E-state index in [-0.39, 0.29) is 29.6 Å².